The first kappa shape index (κ1) is 5.47. The molecule has 0 radical (unpaired) electrons. The van der Waals surface area contributed by atoms with Crippen LogP contribution in [0.2, 0.25) is 0 Å². The summed E-state index contributed by atoms with van der Waals surface area (Å²) in [5, 5.41) is 0. The highest BCUT2D eigenvalue weighted by molar-refractivity contribution is 7.80. The summed E-state index contributed by atoms with van der Waals surface area (Å²) in [5.41, 5.74) is 0. The summed E-state index contributed by atoms with van der Waals surface area (Å²) in [7, 11) is 0. The highest BCUT2D eigenvalue weighted by Gasteiger charge is 1.69. The van der Waals surface area contributed by atoms with Crippen molar-refractivity contribution in [1.29, 1.82) is 0 Å². The number of isocyanates is 1. The zero-order chi connectivity index (χ0) is 4.99. The summed E-state index contributed by atoms with van der Waals surface area (Å²) in [6, 6.07) is 0. The maximum atomic E-state index is 9.24. The second-order valence-electron chi connectivity index (χ2n) is 0.722. The molecule has 3 heteroatoms. The Hall–Kier alpha value is -0.530. The highest BCUT2D eigenvalue weighted by Crippen LogP contribution is 1.69. The third-order valence-electron chi connectivity index (χ3n) is 0.203. The fourth-order valence-electron chi connectivity index (χ4n) is 0.0643. The van der Waals surface area contributed by atoms with Crippen LogP contribution in [0.3, 0.4) is 0 Å². The molecule has 0 aliphatic carbocycles. The van der Waals surface area contributed by atoms with Gasteiger partial charge in [0, 0.05) is 0 Å². The maximum Gasteiger partial charge on any atom is 0.241 e. The van der Waals surface area contributed by atoms with Crippen LogP contribution in [-0.4, -0.2) is 11.1 Å². The number of hydrogen-bond acceptors (Lipinski definition) is 2. The first-order valence-corrected chi connectivity index (χ1v) is 1.76. The Morgan fingerprint density at radius 2 is 2.50 bits per heavy atom. The van der Waals surface area contributed by atoms with Crippen molar-refractivity contribution < 1.29 is 4.79 Å². The molecule has 2 nitrogen and oxygen atoms in total. The Kier molecular flexibility index (Phi) is 2.46. The SMILES string of the molecule is CC(=S)N=C=O. The molecule has 0 aromatic heterocycles. The van der Waals surface area contributed by atoms with Crippen LogP contribution >= 0.6 is 12.2 Å². The molecule has 0 amide bonds. The Labute approximate surface area is 40.9 Å². The molecular weight excluding hydrogens is 98.1 g/mol. The van der Waals surface area contributed by atoms with Crippen molar-refractivity contribution in [3.63, 3.8) is 0 Å². The summed E-state index contributed by atoms with van der Waals surface area (Å²) in [6.45, 7) is 1.56. The maximum absolute atomic E-state index is 9.24. The molecule has 0 rings (SSSR count). The molecule has 0 aliphatic heterocycles. The van der Waals surface area contributed by atoms with Gasteiger partial charge in [-0.15, -0.1) is 0 Å². The highest BCUT2D eigenvalue weighted by atomic mass is 32.1. The van der Waals surface area contributed by atoms with Gasteiger partial charge in [0.1, 0.15) is 4.99 Å². The molecule has 0 aromatic rings. The minimum atomic E-state index is 0.324. The van der Waals surface area contributed by atoms with Crippen LogP contribution in [-0.2, 0) is 4.79 Å². The van der Waals surface area contributed by atoms with E-state index in [0.717, 1.165) is 0 Å². The molecule has 0 saturated heterocycles. The van der Waals surface area contributed by atoms with E-state index in [0.29, 0.717) is 4.99 Å². The normalized spacial score (nSPS) is 6.17. The first-order chi connectivity index (χ1) is 2.77. The number of aliphatic imine (C=N–C) groups is 1. The van der Waals surface area contributed by atoms with Crippen molar-refractivity contribution in [2.45, 2.75) is 6.92 Å². The Bertz CT molecular complexity index is 103. The zero-order valence-corrected chi connectivity index (χ0v) is 4.08. The van der Waals surface area contributed by atoms with E-state index in [9.17, 15) is 4.79 Å². The van der Waals surface area contributed by atoms with E-state index in [1.807, 2.05) is 0 Å². The molecule has 6 heavy (non-hydrogen) atoms. The van der Waals surface area contributed by atoms with Gasteiger partial charge in [0.2, 0.25) is 6.08 Å². The average Bonchev–Trinajstić information content (AvgIpc) is 1.35. The summed E-state index contributed by atoms with van der Waals surface area (Å²) < 4.78 is 0. The number of rotatable bonds is 0. The second-order valence-corrected chi connectivity index (χ2v) is 1.31. The van der Waals surface area contributed by atoms with E-state index >= 15 is 0 Å². The van der Waals surface area contributed by atoms with Crippen LogP contribution < -0.4 is 0 Å². The molecule has 0 aromatic carbocycles. The number of nitrogens with zero attached hydrogens (tertiary/aromatic N) is 1. The van der Waals surface area contributed by atoms with Crippen LogP contribution in [0.25, 0.3) is 0 Å². The molecule has 32 valence electrons. The van der Waals surface area contributed by atoms with Gasteiger partial charge in [-0.05, 0) is 6.92 Å². The van der Waals surface area contributed by atoms with Crippen molar-refractivity contribution >= 4 is 23.3 Å². The summed E-state index contributed by atoms with van der Waals surface area (Å²) >= 11 is 4.37. The zero-order valence-electron chi connectivity index (χ0n) is 3.26. The standard InChI is InChI=1S/C3H3NOS/c1-3(6)4-2-5/h1H3. The molecule has 0 spiro atoms. The number of hydrogen-bond donors (Lipinski definition) is 0. The predicted molar refractivity (Wildman–Crippen MR) is 26.4 cm³/mol. The van der Waals surface area contributed by atoms with Crippen molar-refractivity contribution in [2.75, 3.05) is 0 Å². The number of thiocarbonyl (C=S) groups is 1. The molecule has 0 fully saturated rings. The van der Waals surface area contributed by atoms with E-state index in [1.165, 1.54) is 6.08 Å². The lowest BCUT2D eigenvalue weighted by molar-refractivity contribution is 0.566. The van der Waals surface area contributed by atoms with E-state index in [1.54, 1.807) is 6.92 Å². The summed E-state index contributed by atoms with van der Waals surface area (Å²) in [6.07, 6.45) is 1.30. The molecule has 0 N–H and O–H groups in total. The van der Waals surface area contributed by atoms with E-state index in [2.05, 4.69) is 17.2 Å². The van der Waals surface area contributed by atoms with Gasteiger partial charge in [-0.3, -0.25) is 0 Å². The number of carbonyl (C=O) groups excluding carboxylic acids is 1. The van der Waals surface area contributed by atoms with Gasteiger partial charge in [0.25, 0.3) is 0 Å². The smallest absolute Gasteiger partial charge is 0.211 e. The molecule has 0 unspecified atom stereocenters. The fourth-order valence-corrected chi connectivity index (χ4v) is 0.102. The van der Waals surface area contributed by atoms with Crippen molar-refractivity contribution in [3.8, 4) is 0 Å². The Morgan fingerprint density at radius 3 is 2.50 bits per heavy atom. The lowest BCUT2D eigenvalue weighted by Gasteiger charge is -1.66. The van der Waals surface area contributed by atoms with Gasteiger partial charge in [0.15, 0.2) is 0 Å². The molecule has 0 aliphatic rings. The molecular formula is C3H3NOS. The topological polar surface area (TPSA) is 29.4 Å². The van der Waals surface area contributed by atoms with E-state index in [4.69, 9.17) is 0 Å². The van der Waals surface area contributed by atoms with E-state index < -0.39 is 0 Å². The summed E-state index contributed by atoms with van der Waals surface area (Å²) in [4.78, 5) is 12.6. The molecule has 0 heterocycles. The third-order valence-corrected chi connectivity index (χ3v) is 0.294. The van der Waals surface area contributed by atoms with Gasteiger partial charge < -0.3 is 0 Å². The van der Waals surface area contributed by atoms with Gasteiger partial charge >= 0.3 is 0 Å². The minimum Gasteiger partial charge on any atom is -0.211 e. The Balaban J connectivity index is 3.60. The van der Waals surface area contributed by atoms with Gasteiger partial charge in [0.05, 0.1) is 0 Å². The molecule has 0 bridgehead atoms. The van der Waals surface area contributed by atoms with Crippen LogP contribution in [0.5, 0.6) is 0 Å². The van der Waals surface area contributed by atoms with Gasteiger partial charge in [-0.2, -0.15) is 4.99 Å². The lowest BCUT2D eigenvalue weighted by atomic mass is 10.8. The predicted octanol–water partition coefficient (Wildman–Crippen LogP) is 0.669. The summed E-state index contributed by atoms with van der Waals surface area (Å²) in [5.74, 6) is 0. The quantitative estimate of drug-likeness (QED) is 0.255. The molecule has 0 atom stereocenters. The lowest BCUT2D eigenvalue weighted by Crippen LogP contribution is -1.71. The third kappa shape index (κ3) is 3.47. The van der Waals surface area contributed by atoms with Gasteiger partial charge in [-0.25, -0.2) is 4.79 Å². The Morgan fingerprint density at radius 1 is 2.00 bits per heavy atom. The minimum absolute atomic E-state index is 0.324. The first-order valence-electron chi connectivity index (χ1n) is 1.36. The van der Waals surface area contributed by atoms with Crippen molar-refractivity contribution in [3.05, 3.63) is 0 Å². The van der Waals surface area contributed by atoms with Gasteiger partial charge in [-0.1, -0.05) is 12.2 Å². The molecule has 0 saturated carbocycles. The fraction of sp³-hybridized carbons (Fsp3) is 0.333. The second kappa shape index (κ2) is 2.69. The van der Waals surface area contributed by atoms with Crippen LogP contribution in [0, 0.1) is 0 Å². The van der Waals surface area contributed by atoms with Crippen molar-refractivity contribution in [2.24, 2.45) is 4.99 Å². The van der Waals surface area contributed by atoms with E-state index in [-0.39, 0.29) is 0 Å². The largest absolute Gasteiger partial charge is 0.241 e. The van der Waals surface area contributed by atoms with Crippen LogP contribution in [0.15, 0.2) is 4.99 Å². The monoisotopic (exact) mass is 101 g/mol. The average molecular weight is 101 g/mol. The van der Waals surface area contributed by atoms with Crippen molar-refractivity contribution in [1.82, 2.24) is 0 Å². The van der Waals surface area contributed by atoms with Crippen LogP contribution in [0.4, 0.5) is 0 Å². The van der Waals surface area contributed by atoms with Crippen LogP contribution in [0.1, 0.15) is 6.92 Å².